The minimum atomic E-state index is -3.80. The van der Waals surface area contributed by atoms with E-state index in [9.17, 15) is 18.0 Å². The monoisotopic (exact) mass is 471 g/mol. The molecule has 0 fully saturated rings. The number of halogens is 2. The number of benzene rings is 2. The van der Waals surface area contributed by atoms with Crippen LogP contribution < -0.4 is 14.9 Å². The van der Waals surface area contributed by atoms with Crippen molar-refractivity contribution < 1.29 is 18.0 Å². The second-order valence-electron chi connectivity index (χ2n) is 6.60. The Bertz CT molecular complexity index is 1010. The molecule has 2 aromatic rings. The van der Waals surface area contributed by atoms with Crippen molar-refractivity contribution in [1.82, 2.24) is 5.32 Å². The van der Waals surface area contributed by atoms with Crippen molar-refractivity contribution in [1.29, 1.82) is 0 Å². The number of nitrogens with one attached hydrogen (secondary N) is 2. The summed E-state index contributed by atoms with van der Waals surface area (Å²) in [6, 6.07) is 10.8. The van der Waals surface area contributed by atoms with Crippen molar-refractivity contribution in [3.05, 3.63) is 58.1 Å². The summed E-state index contributed by atoms with van der Waals surface area (Å²) in [5, 5.41) is 5.88. The predicted octanol–water partition coefficient (Wildman–Crippen LogP) is 3.93. The minimum Gasteiger partial charge on any atom is -0.352 e. The molecule has 0 saturated carbocycles. The second-order valence-corrected chi connectivity index (χ2v) is 9.38. The van der Waals surface area contributed by atoms with Gasteiger partial charge in [0.15, 0.2) is 0 Å². The third-order valence-electron chi connectivity index (χ3n) is 4.08. The van der Waals surface area contributed by atoms with Crippen molar-refractivity contribution in [2.24, 2.45) is 0 Å². The lowest BCUT2D eigenvalue weighted by atomic mass is 10.1. The number of para-hydroxylation sites is 1. The van der Waals surface area contributed by atoms with Gasteiger partial charge < -0.3 is 10.6 Å². The van der Waals surface area contributed by atoms with Gasteiger partial charge in [-0.3, -0.25) is 13.9 Å². The molecule has 0 aliphatic rings. The largest absolute Gasteiger partial charge is 0.352 e. The SMILES string of the molecule is CCCCNC(=O)c1ccccc1NC(=O)CN(c1cc(Cl)cc(Cl)c1)S(C)(=O)=O. The summed E-state index contributed by atoms with van der Waals surface area (Å²) < 4.78 is 25.4. The maximum atomic E-state index is 12.6. The van der Waals surface area contributed by atoms with Crippen LogP contribution in [0.1, 0.15) is 30.1 Å². The molecule has 7 nitrogen and oxygen atoms in total. The molecule has 0 atom stereocenters. The molecule has 0 unspecified atom stereocenters. The van der Waals surface area contributed by atoms with E-state index < -0.39 is 22.5 Å². The first-order valence-electron chi connectivity index (χ1n) is 9.22. The highest BCUT2D eigenvalue weighted by molar-refractivity contribution is 7.92. The number of carbonyl (C=O) groups excluding carboxylic acids is 2. The van der Waals surface area contributed by atoms with E-state index in [1.807, 2.05) is 6.92 Å². The molecule has 2 amide bonds. The molecule has 0 radical (unpaired) electrons. The number of unbranched alkanes of at least 4 members (excludes halogenated alkanes) is 1. The van der Waals surface area contributed by atoms with E-state index in [1.165, 1.54) is 18.2 Å². The van der Waals surface area contributed by atoms with Gasteiger partial charge in [0.1, 0.15) is 6.54 Å². The van der Waals surface area contributed by atoms with Gasteiger partial charge in [-0.15, -0.1) is 0 Å². The third-order valence-corrected chi connectivity index (χ3v) is 5.66. The number of hydrogen-bond donors (Lipinski definition) is 2. The first-order chi connectivity index (χ1) is 14.1. The highest BCUT2D eigenvalue weighted by atomic mass is 35.5. The number of amides is 2. The van der Waals surface area contributed by atoms with Gasteiger partial charge in [-0.2, -0.15) is 0 Å². The molecule has 0 bridgehead atoms. The van der Waals surface area contributed by atoms with Crippen LogP contribution in [0.4, 0.5) is 11.4 Å². The zero-order valence-electron chi connectivity index (χ0n) is 16.6. The standard InChI is InChI=1S/C20H23Cl2N3O4S/c1-3-4-9-23-20(27)17-7-5-6-8-18(17)24-19(26)13-25(30(2,28)29)16-11-14(21)10-15(22)12-16/h5-8,10-12H,3-4,9,13H2,1-2H3,(H,23,27)(H,24,26). The van der Waals surface area contributed by atoms with Crippen molar-refractivity contribution in [2.45, 2.75) is 19.8 Å². The molecule has 30 heavy (non-hydrogen) atoms. The van der Waals surface area contributed by atoms with Gasteiger partial charge in [-0.05, 0) is 36.8 Å². The Morgan fingerprint density at radius 3 is 2.30 bits per heavy atom. The lowest BCUT2D eigenvalue weighted by Gasteiger charge is -2.22. The molecular weight excluding hydrogens is 449 g/mol. The van der Waals surface area contributed by atoms with Crippen molar-refractivity contribution in [3.63, 3.8) is 0 Å². The van der Waals surface area contributed by atoms with Gasteiger partial charge in [0.2, 0.25) is 15.9 Å². The summed E-state index contributed by atoms with van der Waals surface area (Å²) in [6.07, 6.45) is 2.75. The predicted molar refractivity (Wildman–Crippen MR) is 121 cm³/mol. The maximum absolute atomic E-state index is 12.6. The molecule has 0 aliphatic carbocycles. The fourth-order valence-corrected chi connectivity index (χ4v) is 4.02. The lowest BCUT2D eigenvalue weighted by Crippen LogP contribution is -2.37. The topological polar surface area (TPSA) is 95.6 Å². The van der Waals surface area contributed by atoms with Gasteiger partial charge in [0.25, 0.3) is 5.91 Å². The van der Waals surface area contributed by atoms with E-state index >= 15 is 0 Å². The molecule has 162 valence electrons. The summed E-state index contributed by atoms with van der Waals surface area (Å²) in [5.41, 5.74) is 0.739. The minimum absolute atomic E-state index is 0.163. The van der Waals surface area contributed by atoms with Gasteiger partial charge in [-0.1, -0.05) is 48.7 Å². The molecule has 0 heterocycles. The van der Waals surface area contributed by atoms with E-state index in [-0.39, 0.29) is 27.3 Å². The normalized spacial score (nSPS) is 11.1. The smallest absolute Gasteiger partial charge is 0.253 e. The van der Waals surface area contributed by atoms with Gasteiger partial charge in [0.05, 0.1) is 23.2 Å². The Hall–Kier alpha value is -2.29. The second kappa shape index (κ2) is 10.7. The van der Waals surface area contributed by atoms with Crippen LogP contribution >= 0.6 is 23.2 Å². The third kappa shape index (κ3) is 6.90. The lowest BCUT2D eigenvalue weighted by molar-refractivity contribution is -0.114. The Kier molecular flexibility index (Phi) is 8.52. The number of hydrogen-bond acceptors (Lipinski definition) is 4. The average molecular weight is 472 g/mol. The molecule has 2 aromatic carbocycles. The van der Waals surface area contributed by atoms with Gasteiger partial charge >= 0.3 is 0 Å². The molecule has 0 spiro atoms. The van der Waals surface area contributed by atoms with E-state index in [4.69, 9.17) is 23.2 Å². The molecule has 2 N–H and O–H groups in total. The molecular formula is C20H23Cl2N3O4S. The van der Waals surface area contributed by atoms with E-state index in [0.29, 0.717) is 12.1 Å². The zero-order valence-corrected chi connectivity index (χ0v) is 18.9. The van der Waals surface area contributed by atoms with Crippen LogP contribution in [0.15, 0.2) is 42.5 Å². The van der Waals surface area contributed by atoms with Crippen LogP contribution in [0.2, 0.25) is 10.0 Å². The molecule has 0 aliphatic heterocycles. The van der Waals surface area contributed by atoms with Crippen molar-refractivity contribution in [2.75, 3.05) is 29.0 Å². The first-order valence-corrected chi connectivity index (χ1v) is 11.8. The number of carbonyl (C=O) groups is 2. The Labute approximate surface area is 186 Å². The van der Waals surface area contributed by atoms with Crippen LogP contribution in [-0.4, -0.2) is 39.6 Å². The van der Waals surface area contributed by atoms with Crippen LogP contribution in [0.5, 0.6) is 0 Å². The summed E-state index contributed by atoms with van der Waals surface area (Å²) in [5.74, 6) is -0.939. The van der Waals surface area contributed by atoms with E-state index in [1.54, 1.807) is 24.3 Å². The average Bonchev–Trinajstić information content (AvgIpc) is 2.65. The first kappa shape index (κ1) is 24.0. The summed E-state index contributed by atoms with van der Waals surface area (Å²) in [7, 11) is -3.80. The Balaban J connectivity index is 2.22. The van der Waals surface area contributed by atoms with Crippen molar-refractivity contribution >= 4 is 56.4 Å². The van der Waals surface area contributed by atoms with E-state index in [0.717, 1.165) is 23.4 Å². The Morgan fingerprint density at radius 2 is 1.70 bits per heavy atom. The van der Waals surface area contributed by atoms with E-state index in [2.05, 4.69) is 10.6 Å². The number of nitrogens with zero attached hydrogens (tertiary/aromatic N) is 1. The summed E-state index contributed by atoms with van der Waals surface area (Å²) in [4.78, 5) is 25.0. The molecule has 2 rings (SSSR count). The molecule has 0 aromatic heterocycles. The van der Waals surface area contributed by atoms with Crippen LogP contribution in [0, 0.1) is 0 Å². The fraction of sp³-hybridized carbons (Fsp3) is 0.300. The van der Waals surface area contributed by atoms with Gasteiger partial charge in [0, 0.05) is 16.6 Å². The fourth-order valence-electron chi connectivity index (χ4n) is 2.67. The highest BCUT2D eigenvalue weighted by Gasteiger charge is 2.22. The van der Waals surface area contributed by atoms with Gasteiger partial charge in [-0.25, -0.2) is 8.42 Å². The quantitative estimate of drug-likeness (QED) is 0.541. The van der Waals surface area contributed by atoms with Crippen LogP contribution in [0.3, 0.4) is 0 Å². The molecule has 10 heteroatoms. The summed E-state index contributed by atoms with van der Waals surface area (Å²) >= 11 is 11.9. The highest BCUT2D eigenvalue weighted by Crippen LogP contribution is 2.27. The van der Waals surface area contributed by atoms with Crippen LogP contribution in [-0.2, 0) is 14.8 Å². The number of sulfonamides is 1. The molecule has 0 saturated heterocycles. The number of rotatable bonds is 9. The van der Waals surface area contributed by atoms with Crippen LogP contribution in [0.25, 0.3) is 0 Å². The van der Waals surface area contributed by atoms with Crippen molar-refractivity contribution in [3.8, 4) is 0 Å². The zero-order chi connectivity index (χ0) is 22.3. The summed E-state index contributed by atoms with van der Waals surface area (Å²) in [6.45, 7) is 2.03. The number of anilines is 2. The Morgan fingerprint density at radius 1 is 1.07 bits per heavy atom. The maximum Gasteiger partial charge on any atom is 0.253 e.